The van der Waals surface area contributed by atoms with Gasteiger partial charge in [0.25, 0.3) is 5.91 Å². The molecule has 4 aromatic rings. The lowest BCUT2D eigenvalue weighted by atomic mass is 10.2. The van der Waals surface area contributed by atoms with Crippen LogP contribution in [0.25, 0.3) is 0 Å². The third kappa shape index (κ3) is 4.61. The molecule has 0 aliphatic rings. The largest absolute Gasteiger partial charge is 0.459 e. The fourth-order valence-electron chi connectivity index (χ4n) is 2.72. The maximum Gasteiger partial charge on any atom is 0.293 e. The van der Waals surface area contributed by atoms with Gasteiger partial charge in [-0.1, -0.05) is 18.2 Å². The predicted octanol–water partition coefficient (Wildman–Crippen LogP) is 3.55. The summed E-state index contributed by atoms with van der Waals surface area (Å²) in [7, 11) is 0. The summed E-state index contributed by atoms with van der Waals surface area (Å²) in [6, 6.07) is 11.2. The summed E-state index contributed by atoms with van der Waals surface area (Å²) in [6.45, 7) is 0.189. The number of hydrogen-bond acceptors (Lipinski definition) is 6. The SMILES string of the molecule is O=C(Cc1csc(NC(=O)c2ccco2)n1)Nc1ccnn1Cc1ccccc1F. The first-order valence-corrected chi connectivity index (χ1v) is 9.81. The lowest BCUT2D eigenvalue weighted by Gasteiger charge is -2.09. The molecule has 1 aromatic carbocycles. The van der Waals surface area contributed by atoms with Gasteiger partial charge in [0.2, 0.25) is 5.91 Å². The molecule has 0 atom stereocenters. The first kappa shape index (κ1) is 19.5. The van der Waals surface area contributed by atoms with Gasteiger partial charge in [-0.25, -0.2) is 14.1 Å². The number of nitrogens with zero attached hydrogens (tertiary/aromatic N) is 3. The minimum Gasteiger partial charge on any atom is -0.459 e. The van der Waals surface area contributed by atoms with Crippen molar-refractivity contribution in [2.45, 2.75) is 13.0 Å². The summed E-state index contributed by atoms with van der Waals surface area (Å²) < 4.78 is 20.4. The summed E-state index contributed by atoms with van der Waals surface area (Å²) >= 11 is 1.21. The molecule has 0 radical (unpaired) electrons. The van der Waals surface area contributed by atoms with E-state index < -0.39 is 5.91 Å². The number of hydrogen-bond donors (Lipinski definition) is 2. The Balaban J connectivity index is 1.36. The van der Waals surface area contributed by atoms with Gasteiger partial charge >= 0.3 is 0 Å². The Morgan fingerprint density at radius 3 is 2.80 bits per heavy atom. The molecule has 2 N–H and O–H groups in total. The topological polar surface area (TPSA) is 102 Å². The zero-order chi connectivity index (χ0) is 20.9. The highest BCUT2D eigenvalue weighted by Crippen LogP contribution is 2.18. The van der Waals surface area contributed by atoms with Crippen LogP contribution in [0.1, 0.15) is 21.8 Å². The zero-order valence-electron chi connectivity index (χ0n) is 15.5. The number of carbonyl (C=O) groups is 2. The Bertz CT molecular complexity index is 1170. The van der Waals surface area contributed by atoms with Crippen molar-refractivity contribution in [2.24, 2.45) is 0 Å². The minimum absolute atomic E-state index is 0.0119. The molecule has 0 spiro atoms. The van der Waals surface area contributed by atoms with Crippen molar-refractivity contribution in [1.29, 1.82) is 0 Å². The van der Waals surface area contributed by atoms with Crippen LogP contribution in [0.15, 0.2) is 64.7 Å². The van der Waals surface area contributed by atoms with Crippen molar-refractivity contribution < 1.29 is 18.4 Å². The number of rotatable bonds is 7. The van der Waals surface area contributed by atoms with Gasteiger partial charge in [0, 0.05) is 17.0 Å². The molecular formula is C20H16FN5O3S. The van der Waals surface area contributed by atoms with Crippen LogP contribution in [0.4, 0.5) is 15.3 Å². The number of benzene rings is 1. The Hall–Kier alpha value is -3.79. The zero-order valence-corrected chi connectivity index (χ0v) is 16.4. The molecule has 30 heavy (non-hydrogen) atoms. The molecule has 0 saturated carbocycles. The fraction of sp³-hybridized carbons (Fsp3) is 0.100. The molecule has 3 heterocycles. The summed E-state index contributed by atoms with van der Waals surface area (Å²) in [5, 5.41) is 11.6. The standard InChI is InChI=1S/C20H16FN5O3S/c21-15-5-2-1-4-13(15)11-26-17(7-8-22-26)24-18(27)10-14-12-30-20(23-14)25-19(28)16-6-3-9-29-16/h1-9,12H,10-11H2,(H,24,27)(H,23,25,28). The molecule has 8 nitrogen and oxygen atoms in total. The Labute approximate surface area is 174 Å². The number of halogens is 1. The van der Waals surface area contributed by atoms with Crippen LogP contribution in [0.3, 0.4) is 0 Å². The molecule has 0 bridgehead atoms. The van der Waals surface area contributed by atoms with Gasteiger partial charge in [-0.15, -0.1) is 11.3 Å². The van der Waals surface area contributed by atoms with Gasteiger partial charge in [0.15, 0.2) is 10.9 Å². The maximum absolute atomic E-state index is 13.9. The van der Waals surface area contributed by atoms with Gasteiger partial charge in [0.1, 0.15) is 11.6 Å². The highest BCUT2D eigenvalue weighted by molar-refractivity contribution is 7.14. The molecule has 0 aliphatic carbocycles. The Morgan fingerprint density at radius 1 is 1.13 bits per heavy atom. The normalized spacial score (nSPS) is 10.7. The molecule has 0 aliphatic heterocycles. The van der Waals surface area contributed by atoms with E-state index in [2.05, 4.69) is 20.7 Å². The van der Waals surface area contributed by atoms with Crippen molar-refractivity contribution in [3.05, 3.63) is 83.1 Å². The molecular weight excluding hydrogens is 409 g/mol. The van der Waals surface area contributed by atoms with Gasteiger partial charge < -0.3 is 9.73 Å². The third-order valence-electron chi connectivity index (χ3n) is 4.12. The molecule has 0 fully saturated rings. The van der Waals surface area contributed by atoms with E-state index in [0.717, 1.165) is 0 Å². The molecule has 0 unspecified atom stereocenters. The van der Waals surface area contributed by atoms with E-state index in [-0.39, 0.29) is 30.5 Å². The van der Waals surface area contributed by atoms with E-state index in [1.165, 1.54) is 34.5 Å². The molecule has 2 amide bonds. The van der Waals surface area contributed by atoms with E-state index in [0.29, 0.717) is 22.2 Å². The molecule has 4 rings (SSSR count). The number of aromatic nitrogens is 3. The number of furan rings is 1. The summed E-state index contributed by atoms with van der Waals surface area (Å²) in [5.41, 5.74) is 0.973. The second-order valence-electron chi connectivity index (χ2n) is 6.27. The van der Waals surface area contributed by atoms with Crippen LogP contribution in [0.2, 0.25) is 0 Å². The highest BCUT2D eigenvalue weighted by atomic mass is 32.1. The van der Waals surface area contributed by atoms with Gasteiger partial charge in [-0.05, 0) is 18.2 Å². The van der Waals surface area contributed by atoms with Crippen molar-refractivity contribution >= 4 is 34.1 Å². The second-order valence-corrected chi connectivity index (χ2v) is 7.12. The molecule has 3 aromatic heterocycles. The summed E-state index contributed by atoms with van der Waals surface area (Å²) in [6.07, 6.45) is 2.95. The van der Waals surface area contributed by atoms with Gasteiger partial charge in [-0.2, -0.15) is 5.10 Å². The number of anilines is 2. The van der Waals surface area contributed by atoms with Crippen LogP contribution < -0.4 is 10.6 Å². The highest BCUT2D eigenvalue weighted by Gasteiger charge is 2.14. The maximum atomic E-state index is 13.9. The number of amides is 2. The average Bonchev–Trinajstić information content (AvgIpc) is 3.47. The predicted molar refractivity (Wildman–Crippen MR) is 109 cm³/mol. The lowest BCUT2D eigenvalue weighted by Crippen LogP contribution is -2.18. The number of carbonyl (C=O) groups excluding carboxylic acids is 2. The number of nitrogens with one attached hydrogen (secondary N) is 2. The lowest BCUT2D eigenvalue weighted by molar-refractivity contribution is -0.115. The summed E-state index contributed by atoms with van der Waals surface area (Å²) in [5.74, 6) is -0.434. The van der Waals surface area contributed by atoms with Crippen LogP contribution in [-0.4, -0.2) is 26.6 Å². The smallest absolute Gasteiger partial charge is 0.293 e. The molecule has 10 heteroatoms. The monoisotopic (exact) mass is 425 g/mol. The van der Waals surface area contributed by atoms with Crippen LogP contribution in [0.5, 0.6) is 0 Å². The van der Waals surface area contributed by atoms with Crippen LogP contribution in [-0.2, 0) is 17.8 Å². The van der Waals surface area contributed by atoms with E-state index in [1.54, 1.807) is 41.8 Å². The van der Waals surface area contributed by atoms with E-state index in [4.69, 9.17) is 4.42 Å². The van der Waals surface area contributed by atoms with Crippen LogP contribution in [0, 0.1) is 5.82 Å². The second kappa shape index (κ2) is 8.70. The minimum atomic E-state index is -0.414. The van der Waals surface area contributed by atoms with Crippen molar-refractivity contribution in [3.8, 4) is 0 Å². The van der Waals surface area contributed by atoms with Gasteiger partial charge in [-0.3, -0.25) is 14.9 Å². The first-order chi connectivity index (χ1) is 14.6. The van der Waals surface area contributed by atoms with Crippen molar-refractivity contribution in [1.82, 2.24) is 14.8 Å². The Morgan fingerprint density at radius 2 is 2.00 bits per heavy atom. The molecule has 0 saturated heterocycles. The van der Waals surface area contributed by atoms with E-state index >= 15 is 0 Å². The van der Waals surface area contributed by atoms with Crippen molar-refractivity contribution in [2.75, 3.05) is 10.6 Å². The van der Waals surface area contributed by atoms with Gasteiger partial charge in [0.05, 0.1) is 31.1 Å². The quantitative estimate of drug-likeness (QED) is 0.471. The van der Waals surface area contributed by atoms with Crippen LogP contribution >= 0.6 is 11.3 Å². The van der Waals surface area contributed by atoms with Crippen molar-refractivity contribution in [3.63, 3.8) is 0 Å². The first-order valence-electron chi connectivity index (χ1n) is 8.93. The number of thiazole rings is 1. The Kier molecular flexibility index (Phi) is 5.66. The summed E-state index contributed by atoms with van der Waals surface area (Å²) in [4.78, 5) is 28.6. The molecule has 152 valence electrons. The average molecular weight is 425 g/mol. The third-order valence-corrected chi connectivity index (χ3v) is 4.93. The fourth-order valence-corrected chi connectivity index (χ4v) is 3.42. The van der Waals surface area contributed by atoms with E-state index in [1.807, 2.05) is 0 Å². The van der Waals surface area contributed by atoms with E-state index in [9.17, 15) is 14.0 Å².